The number of rotatable bonds is 14. The van der Waals surface area contributed by atoms with Crippen LogP contribution in [0, 0.1) is 0 Å². The van der Waals surface area contributed by atoms with E-state index in [1.807, 2.05) is 78.9 Å². The summed E-state index contributed by atoms with van der Waals surface area (Å²) in [6.45, 7) is 6.93. The summed E-state index contributed by atoms with van der Waals surface area (Å²) in [5.41, 5.74) is 2.90. The summed E-state index contributed by atoms with van der Waals surface area (Å²) in [5, 5.41) is 3.05. The molecule has 0 bridgehead atoms. The molecule has 0 unspecified atom stereocenters. The average Bonchev–Trinajstić information content (AvgIpc) is 2.94. The fourth-order valence-corrected chi connectivity index (χ4v) is 4.34. The predicted molar refractivity (Wildman–Crippen MR) is 151 cm³/mol. The SMILES string of the molecule is CCCCNC(=O)[C@H](Cc1ccccc1)N(Cc1cccc(OC)c1)C(=O)COc1ccccc1C(C)C. The van der Waals surface area contributed by atoms with Crippen molar-refractivity contribution in [3.63, 3.8) is 0 Å². The molecule has 1 N–H and O–H groups in total. The second kappa shape index (κ2) is 14.8. The topological polar surface area (TPSA) is 67.9 Å². The van der Waals surface area contributed by atoms with Crippen LogP contribution in [0.4, 0.5) is 0 Å². The van der Waals surface area contributed by atoms with Crippen molar-refractivity contribution in [2.75, 3.05) is 20.3 Å². The Labute approximate surface area is 227 Å². The molecule has 3 aromatic carbocycles. The summed E-state index contributed by atoms with van der Waals surface area (Å²) in [6.07, 6.45) is 2.25. The summed E-state index contributed by atoms with van der Waals surface area (Å²) < 4.78 is 11.5. The maximum absolute atomic E-state index is 13.8. The van der Waals surface area contributed by atoms with Gasteiger partial charge in [0.2, 0.25) is 5.91 Å². The quantitative estimate of drug-likeness (QED) is 0.277. The molecule has 6 nitrogen and oxygen atoms in total. The summed E-state index contributed by atoms with van der Waals surface area (Å²) in [5.74, 6) is 1.22. The molecule has 202 valence electrons. The molecule has 0 radical (unpaired) electrons. The maximum Gasteiger partial charge on any atom is 0.261 e. The molecule has 0 saturated heterocycles. The highest BCUT2D eigenvalue weighted by atomic mass is 16.5. The van der Waals surface area contributed by atoms with Crippen LogP contribution < -0.4 is 14.8 Å². The number of nitrogens with one attached hydrogen (secondary N) is 1. The number of para-hydroxylation sites is 1. The first kappa shape index (κ1) is 28.8. The number of hydrogen-bond acceptors (Lipinski definition) is 4. The van der Waals surface area contributed by atoms with Crippen LogP contribution in [-0.4, -0.2) is 43.0 Å². The number of unbranched alkanes of at least 4 members (excludes halogenated alkanes) is 1. The minimum Gasteiger partial charge on any atom is -0.497 e. The molecule has 0 aliphatic carbocycles. The van der Waals surface area contributed by atoms with E-state index in [0.29, 0.717) is 24.5 Å². The summed E-state index contributed by atoms with van der Waals surface area (Å²) in [4.78, 5) is 29.0. The number of nitrogens with zero attached hydrogens (tertiary/aromatic N) is 1. The molecule has 2 amide bonds. The van der Waals surface area contributed by atoms with Crippen molar-refractivity contribution in [1.82, 2.24) is 10.2 Å². The zero-order valence-electron chi connectivity index (χ0n) is 23.0. The second-order valence-corrected chi connectivity index (χ2v) is 9.70. The molecule has 1 atom stereocenters. The van der Waals surface area contributed by atoms with Gasteiger partial charge in [-0.15, -0.1) is 0 Å². The molecular weight excluding hydrogens is 476 g/mol. The van der Waals surface area contributed by atoms with Crippen molar-refractivity contribution in [2.24, 2.45) is 0 Å². The second-order valence-electron chi connectivity index (χ2n) is 9.70. The van der Waals surface area contributed by atoms with Crippen molar-refractivity contribution in [1.29, 1.82) is 0 Å². The predicted octanol–water partition coefficient (Wildman–Crippen LogP) is 5.75. The molecule has 0 fully saturated rings. The lowest BCUT2D eigenvalue weighted by atomic mass is 10.0. The first-order valence-corrected chi connectivity index (χ1v) is 13.4. The van der Waals surface area contributed by atoms with E-state index in [2.05, 4.69) is 26.1 Å². The van der Waals surface area contributed by atoms with Crippen molar-refractivity contribution in [3.05, 3.63) is 95.6 Å². The third kappa shape index (κ3) is 8.37. The average molecular weight is 517 g/mol. The van der Waals surface area contributed by atoms with Gasteiger partial charge in [0.25, 0.3) is 5.91 Å². The number of carbonyl (C=O) groups is 2. The van der Waals surface area contributed by atoms with Gasteiger partial charge in [-0.3, -0.25) is 9.59 Å². The third-order valence-corrected chi connectivity index (χ3v) is 6.48. The van der Waals surface area contributed by atoms with Gasteiger partial charge in [0, 0.05) is 19.5 Å². The number of hydrogen-bond donors (Lipinski definition) is 1. The third-order valence-electron chi connectivity index (χ3n) is 6.48. The molecular formula is C32H40N2O4. The molecule has 0 aliphatic rings. The van der Waals surface area contributed by atoms with E-state index in [4.69, 9.17) is 9.47 Å². The lowest BCUT2D eigenvalue weighted by Gasteiger charge is -2.31. The van der Waals surface area contributed by atoms with Gasteiger partial charge >= 0.3 is 0 Å². The Bertz CT molecular complexity index is 1160. The lowest BCUT2D eigenvalue weighted by Crippen LogP contribution is -2.51. The molecule has 38 heavy (non-hydrogen) atoms. The van der Waals surface area contributed by atoms with Crippen LogP contribution in [0.25, 0.3) is 0 Å². The van der Waals surface area contributed by atoms with Gasteiger partial charge in [-0.25, -0.2) is 0 Å². The monoisotopic (exact) mass is 516 g/mol. The number of methoxy groups -OCH3 is 1. The zero-order valence-corrected chi connectivity index (χ0v) is 23.0. The Morgan fingerprint density at radius 2 is 1.63 bits per heavy atom. The summed E-state index contributed by atoms with van der Waals surface area (Å²) in [6, 6.07) is 24.4. The summed E-state index contributed by atoms with van der Waals surface area (Å²) >= 11 is 0. The van der Waals surface area contributed by atoms with Crippen LogP contribution >= 0.6 is 0 Å². The van der Waals surface area contributed by atoms with Gasteiger partial charge in [-0.2, -0.15) is 0 Å². The largest absolute Gasteiger partial charge is 0.497 e. The standard InChI is InChI=1S/C32H40N2O4/c1-5-6-19-33-32(36)29(21-25-13-8-7-9-14-25)34(22-26-15-12-16-27(20-26)37-4)31(35)23-38-30-18-11-10-17-28(30)24(2)3/h7-18,20,24,29H,5-6,19,21-23H2,1-4H3,(H,33,36)/t29-/m0/s1. The minimum atomic E-state index is -0.697. The molecule has 6 heteroatoms. The Morgan fingerprint density at radius 1 is 0.921 bits per heavy atom. The highest BCUT2D eigenvalue weighted by Crippen LogP contribution is 2.26. The van der Waals surface area contributed by atoms with Gasteiger partial charge in [0.1, 0.15) is 17.5 Å². The van der Waals surface area contributed by atoms with Gasteiger partial charge in [0.15, 0.2) is 6.61 Å². The molecule has 0 saturated carbocycles. The van der Waals surface area contributed by atoms with Crippen LogP contribution in [0.5, 0.6) is 11.5 Å². The van der Waals surface area contributed by atoms with Gasteiger partial charge in [-0.1, -0.05) is 87.9 Å². The summed E-state index contributed by atoms with van der Waals surface area (Å²) in [7, 11) is 1.61. The molecule has 0 aliphatic heterocycles. The number of amides is 2. The normalized spacial score (nSPS) is 11.6. The lowest BCUT2D eigenvalue weighted by molar-refractivity contribution is -0.142. The number of benzene rings is 3. The smallest absolute Gasteiger partial charge is 0.261 e. The van der Waals surface area contributed by atoms with E-state index < -0.39 is 6.04 Å². The van der Waals surface area contributed by atoms with Crippen molar-refractivity contribution >= 4 is 11.8 Å². The number of ether oxygens (including phenoxy) is 2. The van der Waals surface area contributed by atoms with Crippen molar-refractivity contribution in [3.8, 4) is 11.5 Å². The van der Waals surface area contributed by atoms with Crippen LogP contribution in [-0.2, 0) is 22.6 Å². The fourth-order valence-electron chi connectivity index (χ4n) is 4.34. The molecule has 3 aromatic rings. The van der Waals surface area contributed by atoms with E-state index >= 15 is 0 Å². The highest BCUT2D eigenvalue weighted by Gasteiger charge is 2.30. The molecule has 3 rings (SSSR count). The van der Waals surface area contributed by atoms with Crippen LogP contribution in [0.1, 0.15) is 56.2 Å². The van der Waals surface area contributed by atoms with Gasteiger partial charge in [-0.05, 0) is 47.2 Å². The highest BCUT2D eigenvalue weighted by molar-refractivity contribution is 5.88. The van der Waals surface area contributed by atoms with Crippen molar-refractivity contribution < 1.29 is 19.1 Å². The molecule has 0 spiro atoms. The van der Waals surface area contributed by atoms with E-state index in [1.54, 1.807) is 12.0 Å². The van der Waals surface area contributed by atoms with E-state index in [0.717, 1.165) is 29.5 Å². The fraction of sp³-hybridized carbons (Fsp3) is 0.375. The van der Waals surface area contributed by atoms with E-state index in [1.165, 1.54) is 0 Å². The zero-order chi connectivity index (χ0) is 27.3. The first-order chi connectivity index (χ1) is 18.4. The van der Waals surface area contributed by atoms with E-state index in [-0.39, 0.29) is 30.9 Å². The van der Waals surface area contributed by atoms with E-state index in [9.17, 15) is 9.59 Å². The Hall–Kier alpha value is -3.80. The van der Waals surface area contributed by atoms with Crippen molar-refractivity contribution in [2.45, 2.75) is 58.5 Å². The molecule has 0 aromatic heterocycles. The van der Waals surface area contributed by atoms with Gasteiger partial charge < -0.3 is 19.7 Å². The Kier molecular flexibility index (Phi) is 11.2. The maximum atomic E-state index is 13.8. The van der Waals surface area contributed by atoms with Crippen LogP contribution in [0.15, 0.2) is 78.9 Å². The Morgan fingerprint density at radius 3 is 2.34 bits per heavy atom. The van der Waals surface area contributed by atoms with Crippen LogP contribution in [0.2, 0.25) is 0 Å². The number of carbonyl (C=O) groups excluding carboxylic acids is 2. The Balaban J connectivity index is 1.92. The van der Waals surface area contributed by atoms with Gasteiger partial charge in [0.05, 0.1) is 7.11 Å². The van der Waals surface area contributed by atoms with Crippen LogP contribution in [0.3, 0.4) is 0 Å². The first-order valence-electron chi connectivity index (χ1n) is 13.4. The minimum absolute atomic E-state index is 0.165. The molecule has 0 heterocycles.